The van der Waals surface area contributed by atoms with Gasteiger partial charge in [-0.1, -0.05) is 6.07 Å². The fraction of sp³-hybridized carbons (Fsp3) is 0.368. The van der Waals surface area contributed by atoms with Crippen molar-refractivity contribution in [3.05, 3.63) is 47.5 Å². The van der Waals surface area contributed by atoms with Gasteiger partial charge in [0.05, 0.1) is 5.69 Å². The minimum atomic E-state index is -0.249. The molecule has 2 heterocycles. The van der Waals surface area contributed by atoms with Gasteiger partial charge in [-0.3, -0.25) is 0 Å². The van der Waals surface area contributed by atoms with Crippen LogP contribution in [-0.4, -0.2) is 20.6 Å². The molecule has 0 spiro atoms. The zero-order valence-corrected chi connectivity index (χ0v) is 14.7. The van der Waals surface area contributed by atoms with Crippen LogP contribution in [0.4, 0.5) is 21.6 Å². The molecule has 1 aliphatic carbocycles. The van der Waals surface area contributed by atoms with Crippen LogP contribution in [-0.2, 0) is 0 Å². The zero-order valence-electron chi connectivity index (χ0n) is 14.7. The average molecular weight is 354 g/mol. The van der Waals surface area contributed by atoms with Crippen molar-refractivity contribution in [2.45, 2.75) is 44.6 Å². The second-order valence-corrected chi connectivity index (χ2v) is 7.07. The molecule has 26 heavy (non-hydrogen) atoms. The number of nitrogens with one attached hydrogen (secondary N) is 1. The Morgan fingerprint density at radius 1 is 1.23 bits per heavy atom. The fourth-order valence-corrected chi connectivity index (χ4v) is 3.73. The summed E-state index contributed by atoms with van der Waals surface area (Å²) in [6.07, 6.45) is 7.28. The summed E-state index contributed by atoms with van der Waals surface area (Å²) in [5.74, 6) is 0.495. The largest absolute Gasteiger partial charge is 0.382 e. The number of halogens is 1. The molecule has 0 bridgehead atoms. The molecule has 4 rings (SSSR count). The van der Waals surface area contributed by atoms with Crippen molar-refractivity contribution < 1.29 is 4.39 Å². The van der Waals surface area contributed by atoms with Crippen molar-refractivity contribution >= 4 is 22.8 Å². The predicted octanol–water partition coefficient (Wildman–Crippen LogP) is 3.49. The average Bonchev–Trinajstić information content (AvgIpc) is 3.07. The lowest BCUT2D eigenvalue weighted by Crippen LogP contribution is -2.26. The Bertz CT molecular complexity index is 943. The lowest BCUT2D eigenvalue weighted by molar-refractivity contribution is 0.396. The van der Waals surface area contributed by atoms with Crippen LogP contribution in [0.1, 0.15) is 42.7 Å². The Balaban J connectivity index is 1.81. The van der Waals surface area contributed by atoms with Gasteiger partial charge in [0.2, 0.25) is 0 Å². The molecule has 0 atom stereocenters. The first-order chi connectivity index (χ1) is 12.5. The highest BCUT2D eigenvalue weighted by atomic mass is 19.1. The molecule has 0 aliphatic heterocycles. The number of benzene rings is 1. The monoisotopic (exact) mass is 354 g/mol. The Kier molecular flexibility index (Phi) is 4.24. The van der Waals surface area contributed by atoms with E-state index in [4.69, 9.17) is 11.5 Å². The fourth-order valence-electron chi connectivity index (χ4n) is 3.73. The normalized spacial score (nSPS) is 20.4. The minimum Gasteiger partial charge on any atom is -0.382 e. The highest BCUT2D eigenvalue weighted by Gasteiger charge is 2.27. The molecule has 1 fully saturated rings. The van der Waals surface area contributed by atoms with Crippen LogP contribution in [0.2, 0.25) is 0 Å². The number of imidazole rings is 1. The number of nitrogens with two attached hydrogens (primary N) is 2. The number of nitrogen functional groups attached to an aromatic ring is 1. The molecular formula is C19H23FN6. The molecule has 3 aromatic rings. The quantitative estimate of drug-likeness (QED) is 0.669. The summed E-state index contributed by atoms with van der Waals surface area (Å²) < 4.78 is 15.7. The van der Waals surface area contributed by atoms with Crippen molar-refractivity contribution in [3.8, 4) is 0 Å². The number of rotatable bonds is 3. The molecule has 2 aromatic heterocycles. The van der Waals surface area contributed by atoms with Gasteiger partial charge in [0.1, 0.15) is 11.6 Å². The van der Waals surface area contributed by atoms with Crippen molar-refractivity contribution in [3.63, 3.8) is 0 Å². The third-order valence-electron chi connectivity index (χ3n) is 5.23. The Morgan fingerprint density at radius 3 is 2.73 bits per heavy atom. The Hall–Kier alpha value is -2.67. The maximum atomic E-state index is 14.0. The van der Waals surface area contributed by atoms with Gasteiger partial charge >= 0.3 is 0 Å². The number of hydrogen-bond donors (Lipinski definition) is 3. The highest BCUT2D eigenvalue weighted by Crippen LogP contribution is 2.41. The van der Waals surface area contributed by atoms with Gasteiger partial charge in [-0.05, 0) is 56.2 Å². The molecule has 136 valence electrons. The van der Waals surface area contributed by atoms with E-state index in [1.54, 1.807) is 29.9 Å². The second kappa shape index (κ2) is 6.57. The van der Waals surface area contributed by atoms with Crippen LogP contribution in [0.25, 0.3) is 5.65 Å². The first-order valence-electron chi connectivity index (χ1n) is 8.94. The number of fused-ring (bicyclic) bond motifs is 1. The van der Waals surface area contributed by atoms with Gasteiger partial charge in [0.25, 0.3) is 0 Å². The number of aromatic nitrogens is 3. The Morgan fingerprint density at radius 2 is 2.00 bits per heavy atom. The van der Waals surface area contributed by atoms with Gasteiger partial charge in [0.15, 0.2) is 5.65 Å². The third-order valence-corrected chi connectivity index (χ3v) is 5.23. The maximum absolute atomic E-state index is 14.0. The molecule has 7 heteroatoms. The predicted molar refractivity (Wildman–Crippen MR) is 101 cm³/mol. The van der Waals surface area contributed by atoms with Crippen LogP contribution in [0.15, 0.2) is 30.6 Å². The first kappa shape index (κ1) is 16.8. The summed E-state index contributed by atoms with van der Waals surface area (Å²) in [5.41, 5.74) is 16.1. The van der Waals surface area contributed by atoms with E-state index in [1.165, 1.54) is 6.07 Å². The van der Waals surface area contributed by atoms with E-state index in [0.717, 1.165) is 36.9 Å². The van der Waals surface area contributed by atoms with E-state index in [0.29, 0.717) is 22.7 Å². The third kappa shape index (κ3) is 2.99. The lowest BCUT2D eigenvalue weighted by Gasteiger charge is -2.28. The van der Waals surface area contributed by atoms with Crippen molar-refractivity contribution in [2.75, 3.05) is 11.1 Å². The summed E-state index contributed by atoms with van der Waals surface area (Å²) in [4.78, 5) is 4.43. The molecule has 0 saturated heterocycles. The molecule has 1 saturated carbocycles. The smallest absolute Gasteiger partial charge is 0.177 e. The van der Waals surface area contributed by atoms with Gasteiger partial charge in [-0.25, -0.2) is 13.9 Å². The Labute approximate surface area is 151 Å². The maximum Gasteiger partial charge on any atom is 0.177 e. The van der Waals surface area contributed by atoms with E-state index in [1.807, 2.05) is 6.07 Å². The van der Waals surface area contributed by atoms with Crippen LogP contribution >= 0.6 is 0 Å². The molecule has 5 N–H and O–H groups in total. The molecule has 1 aromatic carbocycles. The summed E-state index contributed by atoms with van der Waals surface area (Å²) in [6.45, 7) is 1.74. The SMILES string of the molecule is Cc1ccc(Nc2c3nccn3nc(N)c2[C@H]2CC[C@H](N)CC2)cc1F. The van der Waals surface area contributed by atoms with E-state index in [2.05, 4.69) is 15.4 Å². The number of anilines is 3. The van der Waals surface area contributed by atoms with E-state index in [9.17, 15) is 4.39 Å². The van der Waals surface area contributed by atoms with Gasteiger partial charge in [-0.2, -0.15) is 0 Å². The number of nitrogens with zero attached hydrogens (tertiary/aromatic N) is 3. The zero-order chi connectivity index (χ0) is 18.3. The standard InChI is InChI=1S/C19H23FN6/c1-11-2-7-14(10-15(11)20)24-17-16(12-3-5-13(21)6-4-12)18(22)25-26-9-8-23-19(17)26/h2,7-10,12-13,24H,3-6,21H2,1H3,(H2,22,25)/t12-,13-. The van der Waals surface area contributed by atoms with E-state index in [-0.39, 0.29) is 17.8 Å². The first-order valence-corrected chi connectivity index (χ1v) is 8.94. The summed E-state index contributed by atoms with van der Waals surface area (Å²) >= 11 is 0. The van der Waals surface area contributed by atoms with E-state index >= 15 is 0 Å². The molecule has 0 radical (unpaired) electrons. The second-order valence-electron chi connectivity index (χ2n) is 7.07. The van der Waals surface area contributed by atoms with Crippen LogP contribution in [0, 0.1) is 12.7 Å². The summed E-state index contributed by atoms with van der Waals surface area (Å²) in [7, 11) is 0. The highest BCUT2D eigenvalue weighted by molar-refractivity contribution is 5.80. The van der Waals surface area contributed by atoms with Crippen LogP contribution < -0.4 is 16.8 Å². The molecular weight excluding hydrogens is 331 g/mol. The van der Waals surface area contributed by atoms with Crippen molar-refractivity contribution in [1.29, 1.82) is 0 Å². The van der Waals surface area contributed by atoms with Gasteiger partial charge in [-0.15, -0.1) is 5.10 Å². The molecule has 1 aliphatic rings. The topological polar surface area (TPSA) is 94.3 Å². The molecule has 0 unspecified atom stereocenters. The molecule has 0 amide bonds. The van der Waals surface area contributed by atoms with E-state index < -0.39 is 0 Å². The van der Waals surface area contributed by atoms with Crippen molar-refractivity contribution in [2.24, 2.45) is 5.73 Å². The molecule has 6 nitrogen and oxygen atoms in total. The minimum absolute atomic E-state index is 0.248. The number of hydrogen-bond acceptors (Lipinski definition) is 5. The van der Waals surface area contributed by atoms with Crippen molar-refractivity contribution in [1.82, 2.24) is 14.6 Å². The van der Waals surface area contributed by atoms with Crippen LogP contribution in [0.3, 0.4) is 0 Å². The van der Waals surface area contributed by atoms with Gasteiger partial charge in [0, 0.05) is 29.7 Å². The summed E-state index contributed by atoms with van der Waals surface area (Å²) in [6, 6.07) is 5.35. The number of aryl methyl sites for hydroxylation is 1. The lowest BCUT2D eigenvalue weighted by atomic mass is 9.81. The summed E-state index contributed by atoms with van der Waals surface area (Å²) in [5, 5.41) is 7.79. The van der Waals surface area contributed by atoms with Crippen LogP contribution in [0.5, 0.6) is 0 Å². The van der Waals surface area contributed by atoms with Gasteiger partial charge < -0.3 is 16.8 Å².